The molecule has 0 spiro atoms. The van der Waals surface area contributed by atoms with E-state index in [2.05, 4.69) is 5.32 Å². The van der Waals surface area contributed by atoms with Gasteiger partial charge in [-0.1, -0.05) is 60.7 Å². The molecular weight excluding hydrogens is 346 g/mol. The highest BCUT2D eigenvalue weighted by molar-refractivity contribution is 7.16. The third-order valence-corrected chi connectivity index (χ3v) is 5.48. The maximum atomic E-state index is 13.1. The number of hydrogen-bond acceptors (Lipinski definition) is 4. The van der Waals surface area contributed by atoms with Gasteiger partial charge in [-0.3, -0.25) is 4.79 Å². The molecule has 3 aromatic rings. The van der Waals surface area contributed by atoms with E-state index in [1.807, 2.05) is 67.6 Å². The Bertz CT molecular complexity index is 893. The summed E-state index contributed by atoms with van der Waals surface area (Å²) < 4.78 is 0. The molecule has 0 atom stereocenters. The van der Waals surface area contributed by atoms with Crippen molar-refractivity contribution in [3.63, 3.8) is 0 Å². The number of carbonyl (C=O) groups excluding carboxylic acids is 2. The number of hydrogen-bond donors (Lipinski definition) is 1. The molecule has 1 N–H and O–H groups in total. The van der Waals surface area contributed by atoms with E-state index in [9.17, 15) is 14.7 Å². The molecule has 0 aliphatic rings. The molecular formula is C21H18NO3S-. The average Bonchev–Trinajstić information content (AvgIpc) is 2.91. The van der Waals surface area contributed by atoms with E-state index in [1.54, 1.807) is 6.92 Å². The van der Waals surface area contributed by atoms with E-state index in [-0.39, 0.29) is 11.5 Å². The van der Waals surface area contributed by atoms with Gasteiger partial charge in [0.05, 0.1) is 11.9 Å². The Morgan fingerprint density at radius 3 is 1.88 bits per heavy atom. The van der Waals surface area contributed by atoms with Crippen molar-refractivity contribution in [1.82, 2.24) is 0 Å². The normalized spacial score (nSPS) is 10.7. The summed E-state index contributed by atoms with van der Waals surface area (Å²) in [5.41, 5.74) is 2.37. The molecule has 0 aliphatic heterocycles. The maximum absolute atomic E-state index is 13.1. The first kappa shape index (κ1) is 17.9. The van der Waals surface area contributed by atoms with Crippen LogP contribution >= 0.6 is 11.3 Å². The Balaban J connectivity index is 2.00. The number of carboxylic acid groups (broad SMARTS) is 1. The summed E-state index contributed by atoms with van der Waals surface area (Å²) in [6.07, 6.45) is 0. The molecule has 0 saturated heterocycles. The van der Waals surface area contributed by atoms with Gasteiger partial charge >= 0.3 is 0 Å². The van der Waals surface area contributed by atoms with E-state index in [1.165, 1.54) is 11.3 Å². The standard InChI is InChI=1S/C21H19NO3S/c1-13-14(2)26-20(17(13)21(24)25)22-19(23)18(15-9-5-3-6-10-15)16-11-7-4-8-12-16/h3-12,18H,1-2H3,(H,22,23)(H,24,25)/p-1. The summed E-state index contributed by atoms with van der Waals surface area (Å²) in [6.45, 7) is 3.55. The number of aryl methyl sites for hydroxylation is 1. The van der Waals surface area contributed by atoms with Crippen molar-refractivity contribution in [3.05, 3.63) is 87.8 Å². The van der Waals surface area contributed by atoms with Gasteiger partial charge in [-0.15, -0.1) is 11.3 Å². The van der Waals surface area contributed by atoms with E-state index in [4.69, 9.17) is 0 Å². The number of amides is 1. The lowest BCUT2D eigenvalue weighted by molar-refractivity contribution is -0.254. The second kappa shape index (κ2) is 7.54. The van der Waals surface area contributed by atoms with E-state index < -0.39 is 11.9 Å². The molecule has 1 heterocycles. The van der Waals surface area contributed by atoms with E-state index >= 15 is 0 Å². The van der Waals surface area contributed by atoms with Gasteiger partial charge < -0.3 is 15.2 Å². The second-order valence-electron chi connectivity index (χ2n) is 6.02. The Labute approximate surface area is 156 Å². The first-order valence-corrected chi connectivity index (χ1v) is 9.02. The Morgan fingerprint density at radius 1 is 0.923 bits per heavy atom. The first-order chi connectivity index (χ1) is 12.5. The number of aromatic carboxylic acids is 1. The fourth-order valence-corrected chi connectivity index (χ4v) is 3.98. The average molecular weight is 364 g/mol. The molecule has 0 radical (unpaired) electrons. The molecule has 0 unspecified atom stereocenters. The fourth-order valence-electron chi connectivity index (χ4n) is 2.93. The molecule has 132 valence electrons. The minimum atomic E-state index is -1.28. The summed E-state index contributed by atoms with van der Waals surface area (Å²) in [4.78, 5) is 25.4. The topological polar surface area (TPSA) is 69.2 Å². The zero-order valence-corrected chi connectivity index (χ0v) is 15.3. The van der Waals surface area contributed by atoms with Gasteiger partial charge in [0.1, 0.15) is 5.00 Å². The van der Waals surface area contributed by atoms with Crippen molar-refractivity contribution in [2.24, 2.45) is 0 Å². The Morgan fingerprint density at radius 2 is 1.42 bits per heavy atom. The quantitative estimate of drug-likeness (QED) is 0.753. The summed E-state index contributed by atoms with van der Waals surface area (Å²) in [7, 11) is 0. The van der Waals surface area contributed by atoms with Crippen molar-refractivity contribution in [2.75, 3.05) is 5.32 Å². The summed E-state index contributed by atoms with van der Waals surface area (Å²) in [6, 6.07) is 18.9. The molecule has 0 saturated carbocycles. The summed E-state index contributed by atoms with van der Waals surface area (Å²) in [5, 5.41) is 14.6. The highest BCUT2D eigenvalue weighted by Crippen LogP contribution is 2.34. The van der Waals surface area contributed by atoms with E-state index in [0.717, 1.165) is 16.0 Å². The van der Waals surface area contributed by atoms with Gasteiger partial charge in [-0.05, 0) is 30.5 Å². The SMILES string of the molecule is Cc1sc(NC(=O)C(c2ccccc2)c2ccccc2)c(C(=O)[O-])c1C. The maximum Gasteiger partial charge on any atom is 0.237 e. The molecule has 0 fully saturated rings. The number of thiophene rings is 1. The van der Waals surface area contributed by atoms with E-state index in [0.29, 0.717) is 10.6 Å². The van der Waals surface area contributed by atoms with Crippen LogP contribution in [-0.2, 0) is 4.79 Å². The van der Waals surface area contributed by atoms with Crippen LogP contribution in [0.1, 0.15) is 37.8 Å². The predicted octanol–water partition coefficient (Wildman–Crippen LogP) is 3.50. The third-order valence-electron chi connectivity index (χ3n) is 4.35. The highest BCUT2D eigenvalue weighted by atomic mass is 32.1. The number of rotatable bonds is 5. The number of carbonyl (C=O) groups is 2. The molecule has 1 amide bonds. The van der Waals surface area contributed by atoms with Crippen molar-refractivity contribution >= 4 is 28.2 Å². The summed E-state index contributed by atoms with van der Waals surface area (Å²) in [5.74, 6) is -2.08. The molecule has 3 rings (SSSR count). The lowest BCUT2D eigenvalue weighted by Gasteiger charge is -2.18. The van der Waals surface area contributed by atoms with Crippen LogP contribution in [0.2, 0.25) is 0 Å². The van der Waals surface area contributed by atoms with Crippen LogP contribution in [0.15, 0.2) is 60.7 Å². The predicted molar refractivity (Wildman–Crippen MR) is 101 cm³/mol. The number of benzene rings is 2. The largest absolute Gasteiger partial charge is 0.545 e. The van der Waals surface area contributed by atoms with Crippen LogP contribution in [0.25, 0.3) is 0 Å². The molecule has 0 aliphatic carbocycles. The molecule has 1 aromatic heterocycles. The second-order valence-corrected chi connectivity index (χ2v) is 7.24. The van der Waals surface area contributed by atoms with Crippen LogP contribution in [-0.4, -0.2) is 11.9 Å². The van der Waals surface area contributed by atoms with Crippen molar-refractivity contribution in [1.29, 1.82) is 0 Å². The zero-order chi connectivity index (χ0) is 18.7. The van der Waals surface area contributed by atoms with Crippen molar-refractivity contribution in [3.8, 4) is 0 Å². The zero-order valence-electron chi connectivity index (χ0n) is 14.5. The molecule has 26 heavy (non-hydrogen) atoms. The van der Waals surface area contributed by atoms with Gasteiger partial charge in [0.15, 0.2) is 0 Å². The first-order valence-electron chi connectivity index (χ1n) is 8.21. The highest BCUT2D eigenvalue weighted by Gasteiger charge is 2.25. The molecule has 0 bridgehead atoms. The van der Waals surface area contributed by atoms with Crippen molar-refractivity contribution < 1.29 is 14.7 Å². The van der Waals surface area contributed by atoms with Gasteiger partial charge in [-0.2, -0.15) is 0 Å². The molecule has 4 nitrogen and oxygen atoms in total. The van der Waals surface area contributed by atoms with Crippen molar-refractivity contribution in [2.45, 2.75) is 19.8 Å². The lowest BCUT2D eigenvalue weighted by Crippen LogP contribution is -2.26. The minimum Gasteiger partial charge on any atom is -0.545 e. The number of anilines is 1. The lowest BCUT2D eigenvalue weighted by atomic mass is 9.90. The third kappa shape index (κ3) is 3.53. The number of carboxylic acids is 1. The minimum absolute atomic E-state index is 0.0562. The molecule has 5 heteroatoms. The summed E-state index contributed by atoms with van der Waals surface area (Å²) >= 11 is 1.25. The smallest absolute Gasteiger partial charge is 0.237 e. The fraction of sp³-hybridized carbons (Fsp3) is 0.143. The Hall–Kier alpha value is -2.92. The van der Waals surface area contributed by atoms with Crippen LogP contribution in [0.4, 0.5) is 5.00 Å². The number of nitrogens with one attached hydrogen (secondary N) is 1. The monoisotopic (exact) mass is 364 g/mol. The van der Waals surface area contributed by atoms with Gasteiger partial charge in [0.2, 0.25) is 5.91 Å². The Kier molecular flexibility index (Phi) is 5.19. The molecule has 2 aromatic carbocycles. The van der Waals surface area contributed by atoms with Gasteiger partial charge in [0.25, 0.3) is 0 Å². The van der Waals surface area contributed by atoms with Gasteiger partial charge in [0, 0.05) is 10.4 Å². The van der Waals surface area contributed by atoms with Gasteiger partial charge in [-0.25, -0.2) is 0 Å². The van der Waals surface area contributed by atoms with Crippen LogP contribution in [0.5, 0.6) is 0 Å². The van der Waals surface area contributed by atoms with Crippen LogP contribution < -0.4 is 10.4 Å². The van der Waals surface area contributed by atoms with Crippen LogP contribution in [0, 0.1) is 13.8 Å². The van der Waals surface area contributed by atoms with Crippen LogP contribution in [0.3, 0.4) is 0 Å².